The van der Waals surface area contributed by atoms with Gasteiger partial charge in [0.15, 0.2) is 5.58 Å². The van der Waals surface area contributed by atoms with Crippen molar-refractivity contribution in [3.63, 3.8) is 0 Å². The van der Waals surface area contributed by atoms with E-state index < -0.39 is 0 Å². The van der Waals surface area contributed by atoms with Gasteiger partial charge in [0.05, 0.1) is 11.6 Å². The Morgan fingerprint density at radius 3 is 3.09 bits per heavy atom. The van der Waals surface area contributed by atoms with Crippen LogP contribution in [0.4, 0.5) is 0 Å². The van der Waals surface area contributed by atoms with Gasteiger partial charge >= 0.3 is 6.08 Å². The summed E-state index contributed by atoms with van der Waals surface area (Å²) in [5.41, 5.74) is 1.63. The summed E-state index contributed by atoms with van der Waals surface area (Å²) in [6.45, 7) is 0.669. The van der Waals surface area contributed by atoms with E-state index in [0.717, 1.165) is 17.5 Å². The molecule has 2 heterocycles. The van der Waals surface area contributed by atoms with E-state index in [9.17, 15) is 0 Å². The average Bonchev–Trinajstić information content (AvgIpc) is 3.24. The topological polar surface area (TPSA) is 48.2 Å². The molecule has 1 aromatic carbocycles. The van der Waals surface area contributed by atoms with Crippen LogP contribution < -0.4 is 4.74 Å². The molecular formula is C18H20N2O2S. The van der Waals surface area contributed by atoms with Crippen molar-refractivity contribution in [3.05, 3.63) is 40.8 Å². The zero-order valence-corrected chi connectivity index (χ0v) is 13.8. The molecule has 0 radical (unpaired) electrons. The molecule has 2 unspecified atom stereocenters. The van der Waals surface area contributed by atoms with Gasteiger partial charge in [0.1, 0.15) is 5.52 Å². The fourth-order valence-electron chi connectivity index (χ4n) is 3.44. The molecular weight excluding hydrogens is 308 g/mol. The van der Waals surface area contributed by atoms with Gasteiger partial charge in [-0.1, -0.05) is 25.0 Å². The molecule has 5 heteroatoms. The van der Waals surface area contributed by atoms with Crippen molar-refractivity contribution in [3.8, 4) is 6.08 Å². The first-order chi connectivity index (χ1) is 11.4. The van der Waals surface area contributed by atoms with Gasteiger partial charge in [-0.2, -0.15) is 4.98 Å². The first-order valence-corrected chi connectivity index (χ1v) is 9.14. The van der Waals surface area contributed by atoms with E-state index in [1.54, 1.807) is 11.3 Å². The lowest BCUT2D eigenvalue weighted by atomic mass is 9.80. The monoisotopic (exact) mass is 328 g/mol. The predicted octanol–water partition coefficient (Wildman–Crippen LogP) is 5.03. The number of thiazole rings is 1. The summed E-state index contributed by atoms with van der Waals surface area (Å²) in [7, 11) is 0. The maximum Gasteiger partial charge on any atom is 0.394 e. The molecule has 23 heavy (non-hydrogen) atoms. The molecule has 0 bridgehead atoms. The van der Waals surface area contributed by atoms with Gasteiger partial charge in [0, 0.05) is 17.5 Å². The summed E-state index contributed by atoms with van der Waals surface area (Å²) < 4.78 is 11.3. The smallest absolute Gasteiger partial charge is 0.394 e. The van der Waals surface area contributed by atoms with Gasteiger partial charge in [-0.15, -0.1) is 11.3 Å². The number of oxazole rings is 1. The largest absolute Gasteiger partial charge is 0.450 e. The number of nitrogens with zero attached hydrogens (tertiary/aromatic N) is 2. The van der Waals surface area contributed by atoms with Gasteiger partial charge in [-0.3, -0.25) is 0 Å². The summed E-state index contributed by atoms with van der Waals surface area (Å²) >= 11 is 1.79. The highest BCUT2D eigenvalue weighted by Crippen LogP contribution is 2.38. The van der Waals surface area contributed by atoms with Crippen molar-refractivity contribution in [2.45, 2.75) is 38.0 Å². The highest BCUT2D eigenvalue weighted by molar-refractivity contribution is 7.09. The molecule has 0 spiro atoms. The molecule has 4 nitrogen and oxygen atoms in total. The van der Waals surface area contributed by atoms with Crippen molar-refractivity contribution in [2.75, 3.05) is 6.61 Å². The number of hydrogen-bond donors (Lipinski definition) is 0. The van der Waals surface area contributed by atoms with Crippen molar-refractivity contribution in [1.82, 2.24) is 9.97 Å². The molecule has 1 fully saturated rings. The van der Waals surface area contributed by atoms with Crippen molar-refractivity contribution in [2.24, 2.45) is 5.92 Å². The molecule has 0 amide bonds. The van der Waals surface area contributed by atoms with Crippen LogP contribution in [0.5, 0.6) is 6.08 Å². The minimum atomic E-state index is 0.387. The quantitative estimate of drug-likeness (QED) is 0.659. The zero-order valence-electron chi connectivity index (χ0n) is 13.0. The number of aromatic nitrogens is 2. The Morgan fingerprint density at radius 1 is 1.26 bits per heavy atom. The maximum absolute atomic E-state index is 5.73. The lowest BCUT2D eigenvalue weighted by molar-refractivity contribution is 0.195. The van der Waals surface area contributed by atoms with Crippen LogP contribution in [0.2, 0.25) is 0 Å². The van der Waals surface area contributed by atoms with Crippen molar-refractivity contribution in [1.29, 1.82) is 0 Å². The Kier molecular flexibility index (Phi) is 4.28. The number of rotatable bonds is 5. The second-order valence-corrected chi connectivity index (χ2v) is 7.11. The molecule has 1 saturated carbocycles. The second kappa shape index (κ2) is 6.71. The summed E-state index contributed by atoms with van der Waals surface area (Å²) in [6.07, 6.45) is 8.44. The van der Waals surface area contributed by atoms with Crippen LogP contribution in [0.25, 0.3) is 11.1 Å². The van der Waals surface area contributed by atoms with Crippen LogP contribution in [-0.4, -0.2) is 16.6 Å². The minimum Gasteiger partial charge on any atom is -0.450 e. The molecule has 0 saturated heterocycles. The highest BCUT2D eigenvalue weighted by atomic mass is 32.1. The van der Waals surface area contributed by atoms with E-state index in [1.165, 1.54) is 30.7 Å². The lowest BCUT2D eigenvalue weighted by Crippen LogP contribution is -2.16. The average molecular weight is 328 g/mol. The maximum atomic E-state index is 5.73. The molecule has 1 aliphatic rings. The molecule has 0 N–H and O–H groups in total. The Labute approximate surface area is 139 Å². The molecule has 3 aromatic rings. The van der Waals surface area contributed by atoms with Crippen LogP contribution >= 0.6 is 11.3 Å². The van der Waals surface area contributed by atoms with E-state index in [1.807, 2.05) is 30.5 Å². The molecule has 0 aliphatic heterocycles. The van der Waals surface area contributed by atoms with Gasteiger partial charge < -0.3 is 9.15 Å². The number of benzene rings is 1. The van der Waals surface area contributed by atoms with Gasteiger partial charge in [-0.05, 0) is 37.3 Å². The third kappa shape index (κ3) is 3.39. The van der Waals surface area contributed by atoms with Crippen LogP contribution in [-0.2, 0) is 0 Å². The molecule has 2 aromatic heterocycles. The predicted molar refractivity (Wildman–Crippen MR) is 90.9 cm³/mol. The third-order valence-electron chi connectivity index (χ3n) is 4.61. The van der Waals surface area contributed by atoms with Gasteiger partial charge in [0.2, 0.25) is 0 Å². The fourth-order valence-corrected chi connectivity index (χ4v) is 4.23. The van der Waals surface area contributed by atoms with Gasteiger partial charge in [0.25, 0.3) is 0 Å². The molecule has 2 atom stereocenters. The minimum absolute atomic E-state index is 0.387. The van der Waals surface area contributed by atoms with Crippen molar-refractivity contribution < 1.29 is 9.15 Å². The van der Waals surface area contributed by atoms with E-state index in [4.69, 9.17) is 9.15 Å². The Bertz CT molecular complexity index is 720. The number of para-hydroxylation sites is 2. The zero-order chi connectivity index (χ0) is 15.5. The molecule has 1 aliphatic carbocycles. The van der Waals surface area contributed by atoms with E-state index in [-0.39, 0.29) is 0 Å². The Hall–Kier alpha value is -1.88. The van der Waals surface area contributed by atoms with Crippen LogP contribution in [0, 0.1) is 5.92 Å². The SMILES string of the molecule is c1ccc2oc(OCCC3CCCC(c4nccs4)C3)nc2c1. The van der Waals surface area contributed by atoms with Crippen molar-refractivity contribution >= 4 is 22.4 Å². The van der Waals surface area contributed by atoms with E-state index >= 15 is 0 Å². The molecule has 120 valence electrons. The number of ether oxygens (including phenoxy) is 1. The van der Waals surface area contributed by atoms with E-state index in [0.29, 0.717) is 24.5 Å². The van der Waals surface area contributed by atoms with Crippen LogP contribution in [0.3, 0.4) is 0 Å². The number of hydrogen-bond acceptors (Lipinski definition) is 5. The normalized spacial score (nSPS) is 21.6. The molecule has 4 rings (SSSR count). The highest BCUT2D eigenvalue weighted by Gasteiger charge is 2.24. The Balaban J connectivity index is 1.30. The lowest BCUT2D eigenvalue weighted by Gasteiger charge is -2.27. The Morgan fingerprint density at radius 2 is 2.22 bits per heavy atom. The standard InChI is InChI=1S/C18H20N2O2S/c1-2-7-16-15(6-1)20-18(22-16)21-10-8-13-4-3-5-14(12-13)17-19-9-11-23-17/h1-2,6-7,9,11,13-14H,3-5,8,10,12H2. The number of fused-ring (bicyclic) bond motifs is 1. The van der Waals surface area contributed by atoms with Crippen LogP contribution in [0.1, 0.15) is 43.0 Å². The third-order valence-corrected chi connectivity index (χ3v) is 5.55. The van der Waals surface area contributed by atoms with E-state index in [2.05, 4.69) is 15.3 Å². The fraction of sp³-hybridized carbons (Fsp3) is 0.444. The van der Waals surface area contributed by atoms with Gasteiger partial charge in [-0.25, -0.2) is 4.98 Å². The summed E-state index contributed by atoms with van der Waals surface area (Å²) in [6, 6.07) is 7.74. The first kappa shape index (κ1) is 14.7. The first-order valence-electron chi connectivity index (χ1n) is 8.26. The van der Waals surface area contributed by atoms with Crippen LogP contribution in [0.15, 0.2) is 40.3 Å². The summed E-state index contributed by atoms with van der Waals surface area (Å²) in [5, 5.41) is 3.38. The summed E-state index contributed by atoms with van der Waals surface area (Å²) in [4.78, 5) is 8.84. The second-order valence-electron chi connectivity index (χ2n) is 6.18. The summed E-state index contributed by atoms with van der Waals surface area (Å²) in [5.74, 6) is 1.35.